The van der Waals surface area contributed by atoms with Gasteiger partial charge in [-0.15, -0.1) is 0 Å². The molecule has 7 nitrogen and oxygen atoms in total. The molecule has 31 heavy (non-hydrogen) atoms. The van der Waals surface area contributed by atoms with Gasteiger partial charge < -0.3 is 14.4 Å². The lowest BCUT2D eigenvalue weighted by Crippen LogP contribution is -2.36. The summed E-state index contributed by atoms with van der Waals surface area (Å²) in [5.41, 5.74) is 1.07. The number of nitrogens with zero attached hydrogens (tertiary/aromatic N) is 1. The minimum Gasteiger partial charge on any atom is -0.496 e. The van der Waals surface area contributed by atoms with Crippen molar-refractivity contribution in [1.82, 2.24) is 9.62 Å². The third-order valence-electron chi connectivity index (χ3n) is 5.12. The number of piperidine rings is 1. The van der Waals surface area contributed by atoms with Gasteiger partial charge in [0.05, 0.1) is 23.7 Å². The smallest absolute Gasteiger partial charge is 0.257 e. The Labute approximate surface area is 184 Å². The molecule has 1 saturated heterocycles. The van der Waals surface area contributed by atoms with Crippen LogP contribution in [0.3, 0.4) is 0 Å². The Hall–Kier alpha value is -2.58. The second-order valence-electron chi connectivity index (χ2n) is 7.85. The molecule has 1 fully saturated rings. The minimum absolute atomic E-state index is 0.0356. The fourth-order valence-corrected chi connectivity index (χ4v) is 4.55. The highest BCUT2D eigenvalue weighted by Gasteiger charge is 2.24. The van der Waals surface area contributed by atoms with Crippen molar-refractivity contribution in [3.63, 3.8) is 0 Å². The van der Waals surface area contributed by atoms with Crippen molar-refractivity contribution in [2.24, 2.45) is 0 Å². The number of likely N-dealkylation sites (tertiary alicyclic amines) is 1. The third-order valence-corrected chi connectivity index (χ3v) is 6.52. The Morgan fingerprint density at radius 2 is 1.74 bits per heavy atom. The second kappa shape index (κ2) is 10.2. The first-order valence-corrected chi connectivity index (χ1v) is 12.0. The molecule has 0 aliphatic carbocycles. The van der Waals surface area contributed by atoms with Crippen LogP contribution in [-0.4, -0.2) is 45.5 Å². The molecule has 0 radical (unpaired) electrons. The van der Waals surface area contributed by atoms with E-state index < -0.39 is 10.0 Å². The van der Waals surface area contributed by atoms with Gasteiger partial charge in [0.25, 0.3) is 5.91 Å². The number of nitrogens with one attached hydrogen (secondary N) is 1. The number of ether oxygens (including phenoxy) is 2. The maximum Gasteiger partial charge on any atom is 0.257 e. The zero-order valence-corrected chi connectivity index (χ0v) is 19.1. The number of benzene rings is 2. The molecule has 1 amide bonds. The lowest BCUT2D eigenvalue weighted by Gasteiger charge is -2.27. The van der Waals surface area contributed by atoms with Crippen LogP contribution < -0.4 is 14.2 Å². The van der Waals surface area contributed by atoms with Crippen molar-refractivity contribution in [2.75, 3.05) is 20.2 Å². The number of hydrogen-bond donors (Lipinski definition) is 1. The van der Waals surface area contributed by atoms with Crippen LogP contribution in [-0.2, 0) is 16.6 Å². The maximum absolute atomic E-state index is 13.0. The van der Waals surface area contributed by atoms with Gasteiger partial charge in [-0.05, 0) is 69.0 Å². The van der Waals surface area contributed by atoms with Crippen molar-refractivity contribution in [3.8, 4) is 11.5 Å². The number of hydrogen-bond acceptors (Lipinski definition) is 5. The molecule has 0 saturated carbocycles. The van der Waals surface area contributed by atoms with E-state index >= 15 is 0 Å². The Bertz CT molecular complexity index is 997. The highest BCUT2D eigenvalue weighted by Crippen LogP contribution is 2.25. The molecule has 1 aliphatic heterocycles. The fraction of sp³-hybridized carbons (Fsp3) is 0.435. The number of carbonyl (C=O) groups excluding carboxylic acids is 1. The summed E-state index contributed by atoms with van der Waals surface area (Å²) < 4.78 is 39.3. The molecule has 0 spiro atoms. The predicted molar refractivity (Wildman–Crippen MR) is 119 cm³/mol. The molecule has 1 aliphatic rings. The molecule has 1 N–H and O–H groups in total. The average Bonchev–Trinajstić information content (AvgIpc) is 2.78. The van der Waals surface area contributed by atoms with Crippen molar-refractivity contribution in [3.05, 3.63) is 53.6 Å². The molecular formula is C23H30N2O5S. The number of amides is 1. The van der Waals surface area contributed by atoms with Gasteiger partial charge in [0.1, 0.15) is 11.5 Å². The Balaban J connectivity index is 1.75. The quantitative estimate of drug-likeness (QED) is 0.670. The van der Waals surface area contributed by atoms with Crippen LogP contribution in [0.25, 0.3) is 0 Å². The topological polar surface area (TPSA) is 84.9 Å². The molecule has 1 heterocycles. The molecule has 0 aromatic heterocycles. The molecule has 0 unspecified atom stereocenters. The zero-order valence-electron chi connectivity index (χ0n) is 18.3. The molecular weight excluding hydrogens is 416 g/mol. The van der Waals surface area contributed by atoms with Crippen molar-refractivity contribution >= 4 is 15.9 Å². The van der Waals surface area contributed by atoms with Gasteiger partial charge in [-0.3, -0.25) is 4.79 Å². The highest BCUT2D eigenvalue weighted by molar-refractivity contribution is 7.89. The SMILES string of the molecule is COc1ccc(S(=O)(=O)NCc2ccc(OC(C)C)cc2)cc1C(=O)N1CCCCC1. The van der Waals surface area contributed by atoms with Gasteiger partial charge in [0.2, 0.25) is 10.0 Å². The number of sulfonamides is 1. The first kappa shape index (κ1) is 23.1. The Kier molecular flexibility index (Phi) is 7.56. The van der Waals surface area contributed by atoms with E-state index in [0.29, 0.717) is 18.8 Å². The number of carbonyl (C=O) groups is 1. The van der Waals surface area contributed by atoms with Crippen LogP contribution in [0.15, 0.2) is 47.4 Å². The van der Waals surface area contributed by atoms with E-state index in [1.54, 1.807) is 4.90 Å². The van der Waals surface area contributed by atoms with E-state index in [0.717, 1.165) is 30.6 Å². The first-order valence-electron chi connectivity index (χ1n) is 10.5. The van der Waals surface area contributed by atoms with Crippen LogP contribution in [0.1, 0.15) is 49.0 Å². The van der Waals surface area contributed by atoms with Crippen molar-refractivity contribution in [1.29, 1.82) is 0 Å². The van der Waals surface area contributed by atoms with Gasteiger partial charge >= 0.3 is 0 Å². The van der Waals surface area contributed by atoms with Crippen molar-refractivity contribution in [2.45, 2.75) is 50.7 Å². The van der Waals surface area contributed by atoms with E-state index in [1.807, 2.05) is 38.1 Å². The van der Waals surface area contributed by atoms with Gasteiger partial charge in [-0.2, -0.15) is 0 Å². The van der Waals surface area contributed by atoms with E-state index in [4.69, 9.17) is 9.47 Å². The lowest BCUT2D eigenvalue weighted by molar-refractivity contribution is 0.0720. The monoisotopic (exact) mass is 446 g/mol. The summed E-state index contributed by atoms with van der Waals surface area (Å²) >= 11 is 0. The predicted octanol–water partition coefficient (Wildman–Crippen LogP) is 3.59. The third kappa shape index (κ3) is 5.98. The molecule has 168 valence electrons. The molecule has 8 heteroatoms. The fourth-order valence-electron chi connectivity index (χ4n) is 3.51. The summed E-state index contributed by atoms with van der Waals surface area (Å²) in [7, 11) is -2.33. The molecule has 0 bridgehead atoms. The normalized spacial score (nSPS) is 14.5. The van der Waals surface area contributed by atoms with Crippen LogP contribution in [0, 0.1) is 0 Å². The van der Waals surface area contributed by atoms with Gasteiger partial charge in [-0.25, -0.2) is 13.1 Å². The van der Waals surface area contributed by atoms with Gasteiger partial charge in [0.15, 0.2) is 0 Å². The van der Waals surface area contributed by atoms with Crippen LogP contribution >= 0.6 is 0 Å². The van der Waals surface area contributed by atoms with Crippen molar-refractivity contribution < 1.29 is 22.7 Å². The van der Waals surface area contributed by atoms with Gasteiger partial charge in [-0.1, -0.05) is 12.1 Å². The summed E-state index contributed by atoms with van der Waals surface area (Å²) in [6.45, 7) is 5.37. The molecule has 0 atom stereocenters. The largest absolute Gasteiger partial charge is 0.496 e. The van der Waals surface area contributed by atoms with E-state index in [1.165, 1.54) is 25.3 Å². The molecule has 2 aromatic carbocycles. The molecule has 3 rings (SSSR count). The lowest BCUT2D eigenvalue weighted by atomic mass is 10.1. The van der Waals surface area contributed by atoms with Crippen LogP contribution in [0.5, 0.6) is 11.5 Å². The van der Waals surface area contributed by atoms with Crippen LogP contribution in [0.4, 0.5) is 0 Å². The minimum atomic E-state index is -3.81. The number of methoxy groups -OCH3 is 1. The number of rotatable bonds is 8. The Morgan fingerprint density at radius 1 is 1.06 bits per heavy atom. The highest BCUT2D eigenvalue weighted by atomic mass is 32.2. The summed E-state index contributed by atoms with van der Waals surface area (Å²) in [6, 6.07) is 11.6. The summed E-state index contributed by atoms with van der Waals surface area (Å²) in [5.74, 6) is 0.905. The standard InChI is InChI=1S/C23H30N2O5S/c1-17(2)30-19-9-7-18(8-10-19)16-24-31(27,28)20-11-12-22(29-3)21(15-20)23(26)25-13-5-4-6-14-25/h7-12,15,17,24H,4-6,13-14,16H2,1-3H3. The first-order chi connectivity index (χ1) is 14.8. The van der Waals surface area contributed by atoms with Crippen LogP contribution in [0.2, 0.25) is 0 Å². The summed E-state index contributed by atoms with van der Waals surface area (Å²) in [6.07, 6.45) is 3.08. The zero-order chi connectivity index (χ0) is 22.4. The maximum atomic E-state index is 13.0. The summed E-state index contributed by atoms with van der Waals surface area (Å²) in [4.78, 5) is 14.8. The molecule has 2 aromatic rings. The van der Waals surface area contributed by atoms with E-state index in [2.05, 4.69) is 4.72 Å². The van der Waals surface area contributed by atoms with Gasteiger partial charge in [0, 0.05) is 19.6 Å². The Morgan fingerprint density at radius 3 is 2.35 bits per heavy atom. The van der Waals surface area contributed by atoms with E-state index in [-0.39, 0.29) is 29.0 Å². The second-order valence-corrected chi connectivity index (χ2v) is 9.62. The average molecular weight is 447 g/mol. The van der Waals surface area contributed by atoms with E-state index in [9.17, 15) is 13.2 Å². The summed E-state index contributed by atoms with van der Waals surface area (Å²) in [5, 5.41) is 0.